The first-order valence-corrected chi connectivity index (χ1v) is 45.9. The second-order valence-electron chi connectivity index (χ2n) is 31.1. The van der Waals surface area contributed by atoms with Crippen molar-refractivity contribution in [2.24, 2.45) is 17.8 Å². The van der Waals surface area contributed by atoms with Gasteiger partial charge in [-0.1, -0.05) is 382 Å². The van der Waals surface area contributed by atoms with Crippen molar-refractivity contribution >= 4 is 39.5 Å². The van der Waals surface area contributed by atoms with Crippen LogP contribution in [0.25, 0.3) is 0 Å². The predicted molar refractivity (Wildman–Crippen MR) is 418 cm³/mol. The molecule has 17 nitrogen and oxygen atoms in total. The topological polar surface area (TPSA) is 237 Å². The van der Waals surface area contributed by atoms with Gasteiger partial charge >= 0.3 is 39.5 Å². The maximum absolute atomic E-state index is 13.1. The van der Waals surface area contributed by atoms with Crippen molar-refractivity contribution < 1.29 is 80.2 Å². The molecular weight excluding hydrogens is 1330 g/mol. The smallest absolute Gasteiger partial charge is 0.462 e. The number of rotatable bonds is 81. The number of unbranched alkanes of at least 4 members (excludes halogenated alkanes) is 48. The lowest BCUT2D eigenvalue weighted by Gasteiger charge is -2.21. The standard InChI is InChI=1S/C83H162O17P2/c1-8-10-11-12-13-14-15-16-17-18-19-20-21-26-29-37-45-52-59-66-82(87)99-78(70-93-80(85)64-57-50-43-36-28-25-23-22-24-27-35-42-49-56-63-76(7)9-2)72-97-101(89,90)95-68-77(84)69-96-102(91,92)98-73-79(71-94-81(86)65-58-51-44-39-32-34-41-48-55-62-75(5)6)100-83(88)67-60-53-46-38-31-30-33-40-47-54-61-74(3)4/h74-79,84H,8-73H2,1-7H3,(H,89,90)(H,91,92)/t76?,77-,78-,79-/m1/s1. The highest BCUT2D eigenvalue weighted by molar-refractivity contribution is 7.47. The summed E-state index contributed by atoms with van der Waals surface area (Å²) in [5.74, 6) is 0.237. The van der Waals surface area contributed by atoms with Crippen molar-refractivity contribution in [2.75, 3.05) is 39.6 Å². The van der Waals surface area contributed by atoms with Crippen LogP contribution < -0.4 is 0 Å². The van der Waals surface area contributed by atoms with Gasteiger partial charge in [-0.15, -0.1) is 0 Å². The minimum Gasteiger partial charge on any atom is -0.462 e. The van der Waals surface area contributed by atoms with Crippen molar-refractivity contribution in [2.45, 2.75) is 452 Å². The monoisotopic (exact) mass is 1490 g/mol. The second kappa shape index (κ2) is 73.2. The molecule has 0 aliphatic heterocycles. The maximum atomic E-state index is 13.1. The molecule has 0 radical (unpaired) electrons. The SMILES string of the molecule is CCCCCCCCCCCCCCCCCCCCCC(=O)O[C@H](COC(=O)CCCCCCCCCCCCCCCCC(C)CC)COP(=O)(O)OC[C@@H](O)COP(=O)(O)OC[C@@H](COC(=O)CCCCCCCCCCCC(C)C)OC(=O)CCCCCCCCCCCCC(C)C. The van der Waals surface area contributed by atoms with E-state index in [4.69, 9.17) is 37.0 Å². The van der Waals surface area contributed by atoms with Crippen molar-refractivity contribution in [3.05, 3.63) is 0 Å². The lowest BCUT2D eigenvalue weighted by atomic mass is 9.99. The molecule has 0 aromatic heterocycles. The molecule has 0 amide bonds. The molecule has 0 aromatic carbocycles. The lowest BCUT2D eigenvalue weighted by molar-refractivity contribution is -0.161. The summed E-state index contributed by atoms with van der Waals surface area (Å²) in [5.41, 5.74) is 0. The summed E-state index contributed by atoms with van der Waals surface area (Å²) in [6.07, 6.45) is 62.4. The molecule has 0 saturated heterocycles. The van der Waals surface area contributed by atoms with E-state index in [0.29, 0.717) is 25.7 Å². The van der Waals surface area contributed by atoms with Gasteiger partial charge in [-0.2, -0.15) is 0 Å². The van der Waals surface area contributed by atoms with Gasteiger partial charge in [0.1, 0.15) is 19.3 Å². The molecule has 0 spiro atoms. The van der Waals surface area contributed by atoms with Crippen LogP contribution in [0, 0.1) is 17.8 Å². The molecule has 0 rings (SSSR count). The summed E-state index contributed by atoms with van der Waals surface area (Å²) in [6.45, 7) is 12.0. The van der Waals surface area contributed by atoms with Crippen LogP contribution in [0.2, 0.25) is 0 Å². The average Bonchev–Trinajstić information content (AvgIpc) is 0.916. The van der Waals surface area contributed by atoms with E-state index in [1.807, 2.05) is 0 Å². The van der Waals surface area contributed by atoms with Gasteiger partial charge in [0.25, 0.3) is 0 Å². The second-order valence-corrected chi connectivity index (χ2v) is 34.0. The molecule has 0 fully saturated rings. The van der Waals surface area contributed by atoms with Crippen LogP contribution >= 0.6 is 15.6 Å². The fraction of sp³-hybridized carbons (Fsp3) is 0.952. The molecule has 0 bridgehead atoms. The Morgan fingerprint density at radius 1 is 0.284 bits per heavy atom. The number of aliphatic hydroxyl groups is 1. The Hall–Kier alpha value is -1.94. The molecule has 0 heterocycles. The van der Waals surface area contributed by atoms with Gasteiger partial charge in [0.15, 0.2) is 12.2 Å². The zero-order valence-corrected chi connectivity index (χ0v) is 68.9. The first kappa shape index (κ1) is 100. The van der Waals surface area contributed by atoms with Gasteiger partial charge in [0, 0.05) is 25.7 Å². The van der Waals surface area contributed by atoms with Crippen molar-refractivity contribution in [1.82, 2.24) is 0 Å². The van der Waals surface area contributed by atoms with Crippen LogP contribution in [-0.4, -0.2) is 96.7 Å². The fourth-order valence-electron chi connectivity index (χ4n) is 12.8. The van der Waals surface area contributed by atoms with E-state index in [0.717, 1.165) is 108 Å². The first-order chi connectivity index (χ1) is 49.3. The predicted octanol–water partition coefficient (Wildman–Crippen LogP) is 24.9. The molecule has 3 N–H and O–H groups in total. The number of carbonyl (C=O) groups is 4. The van der Waals surface area contributed by atoms with E-state index < -0.39 is 97.5 Å². The molecule has 0 aliphatic rings. The third-order valence-corrected chi connectivity index (χ3v) is 21.6. The first-order valence-electron chi connectivity index (χ1n) is 42.9. The largest absolute Gasteiger partial charge is 0.472 e. The molecule has 102 heavy (non-hydrogen) atoms. The normalized spacial score (nSPS) is 14.2. The van der Waals surface area contributed by atoms with Crippen molar-refractivity contribution in [3.8, 4) is 0 Å². The van der Waals surface area contributed by atoms with E-state index >= 15 is 0 Å². The van der Waals surface area contributed by atoms with E-state index in [2.05, 4.69) is 48.5 Å². The molecule has 0 saturated carbocycles. The summed E-state index contributed by atoms with van der Waals surface area (Å²) in [6, 6.07) is 0. The van der Waals surface area contributed by atoms with E-state index in [9.17, 15) is 43.2 Å². The minimum absolute atomic E-state index is 0.106. The molecule has 19 heteroatoms. The third kappa shape index (κ3) is 74.9. The molecule has 606 valence electrons. The van der Waals surface area contributed by atoms with Gasteiger partial charge in [0.05, 0.1) is 26.4 Å². The van der Waals surface area contributed by atoms with Crippen molar-refractivity contribution in [1.29, 1.82) is 0 Å². The number of ether oxygens (including phenoxy) is 4. The van der Waals surface area contributed by atoms with E-state index in [1.54, 1.807) is 0 Å². The lowest BCUT2D eigenvalue weighted by Crippen LogP contribution is -2.30. The summed E-state index contributed by atoms with van der Waals surface area (Å²) >= 11 is 0. The summed E-state index contributed by atoms with van der Waals surface area (Å²) < 4.78 is 68.8. The van der Waals surface area contributed by atoms with Gasteiger partial charge in [-0.3, -0.25) is 37.3 Å². The van der Waals surface area contributed by atoms with Crippen LogP contribution in [0.4, 0.5) is 0 Å². The minimum atomic E-state index is -4.96. The highest BCUT2D eigenvalue weighted by Gasteiger charge is 2.30. The van der Waals surface area contributed by atoms with Crippen molar-refractivity contribution in [3.63, 3.8) is 0 Å². The molecular formula is C83H162O17P2. The van der Waals surface area contributed by atoms with Crippen LogP contribution in [0.3, 0.4) is 0 Å². The van der Waals surface area contributed by atoms with Gasteiger partial charge in [-0.05, 0) is 43.4 Å². The molecule has 0 aliphatic carbocycles. The molecule has 0 aromatic rings. The van der Waals surface area contributed by atoms with Crippen LogP contribution in [0.5, 0.6) is 0 Å². The summed E-state index contributed by atoms with van der Waals surface area (Å²) in [4.78, 5) is 73.1. The third-order valence-electron chi connectivity index (χ3n) is 19.7. The Labute approximate surface area is 626 Å². The van der Waals surface area contributed by atoms with E-state index in [1.165, 1.54) is 244 Å². The number of phosphoric acid groups is 2. The summed E-state index contributed by atoms with van der Waals surface area (Å²) in [5, 5.41) is 10.7. The van der Waals surface area contributed by atoms with Crippen LogP contribution in [-0.2, 0) is 65.4 Å². The Balaban J connectivity index is 5.25. The number of phosphoric ester groups is 2. The number of hydrogen-bond donors (Lipinski definition) is 3. The number of carbonyl (C=O) groups excluding carboxylic acids is 4. The average molecular weight is 1490 g/mol. The number of hydrogen-bond acceptors (Lipinski definition) is 15. The Kier molecular flexibility index (Phi) is 71.8. The van der Waals surface area contributed by atoms with Crippen LogP contribution in [0.15, 0.2) is 0 Å². The Morgan fingerprint density at radius 3 is 0.745 bits per heavy atom. The van der Waals surface area contributed by atoms with Crippen LogP contribution in [0.1, 0.15) is 434 Å². The Bertz CT molecular complexity index is 1980. The highest BCUT2D eigenvalue weighted by Crippen LogP contribution is 2.45. The van der Waals surface area contributed by atoms with E-state index in [-0.39, 0.29) is 25.7 Å². The zero-order chi connectivity index (χ0) is 75.1. The van der Waals surface area contributed by atoms with Gasteiger partial charge in [-0.25, -0.2) is 9.13 Å². The summed E-state index contributed by atoms with van der Waals surface area (Å²) in [7, 11) is -9.92. The quantitative estimate of drug-likeness (QED) is 0.0222. The molecule has 3 unspecified atom stereocenters. The fourth-order valence-corrected chi connectivity index (χ4v) is 14.4. The Morgan fingerprint density at radius 2 is 0.500 bits per heavy atom. The zero-order valence-electron chi connectivity index (χ0n) is 67.1. The van der Waals surface area contributed by atoms with Gasteiger partial charge in [0.2, 0.25) is 0 Å². The number of esters is 4. The highest BCUT2D eigenvalue weighted by atomic mass is 31.2. The number of aliphatic hydroxyl groups excluding tert-OH is 1. The maximum Gasteiger partial charge on any atom is 0.472 e. The van der Waals surface area contributed by atoms with Gasteiger partial charge < -0.3 is 33.8 Å². The molecule has 6 atom stereocenters.